The molecule has 26 heavy (non-hydrogen) atoms. The number of hydrogen-bond acceptors (Lipinski definition) is 3. The Balaban J connectivity index is 1.71. The Morgan fingerprint density at radius 1 is 0.692 bits per heavy atom. The number of benzene rings is 3. The molecule has 0 fully saturated rings. The van der Waals surface area contributed by atoms with Gasteiger partial charge in [0.25, 0.3) is 0 Å². The van der Waals surface area contributed by atoms with Gasteiger partial charge in [0.05, 0.1) is 7.11 Å². The molecule has 0 saturated carbocycles. The van der Waals surface area contributed by atoms with E-state index in [4.69, 9.17) is 9.62 Å². The first kappa shape index (κ1) is 18.2. The molecular weight excluding hydrogens is 324 g/mol. The average Bonchev–Trinajstić information content (AvgIpc) is 2.71. The molecule has 0 atom stereocenters. The number of ether oxygens (including phenoxy) is 1. The van der Waals surface area contributed by atoms with Crippen molar-refractivity contribution in [3.05, 3.63) is 89.5 Å². The maximum absolute atomic E-state index is 6.00. The molecule has 3 aromatic carbocycles. The Morgan fingerprint density at radius 2 is 1.35 bits per heavy atom. The van der Waals surface area contributed by atoms with Crippen molar-refractivity contribution in [2.45, 2.75) is 26.6 Å². The Kier molecular flexibility index (Phi) is 6.42. The SMILES string of the molecule is CCc1cccc(COc2cccc(-c3cccc(COOC)c3)c2)c1. The van der Waals surface area contributed by atoms with Gasteiger partial charge in [0.15, 0.2) is 0 Å². The lowest BCUT2D eigenvalue weighted by Gasteiger charge is -2.10. The molecule has 3 nitrogen and oxygen atoms in total. The zero-order valence-electron chi connectivity index (χ0n) is 15.3. The van der Waals surface area contributed by atoms with Gasteiger partial charge in [0.1, 0.15) is 19.0 Å². The summed E-state index contributed by atoms with van der Waals surface area (Å²) in [6.07, 6.45) is 1.03. The smallest absolute Gasteiger partial charge is 0.120 e. The van der Waals surface area contributed by atoms with Crippen LogP contribution in [-0.2, 0) is 29.4 Å². The van der Waals surface area contributed by atoms with Crippen LogP contribution in [0.25, 0.3) is 11.1 Å². The zero-order chi connectivity index (χ0) is 18.2. The van der Waals surface area contributed by atoms with E-state index in [1.807, 2.05) is 24.3 Å². The van der Waals surface area contributed by atoms with Gasteiger partial charge in [-0.05, 0) is 52.4 Å². The molecule has 3 rings (SSSR count). The number of rotatable bonds is 8. The Bertz CT molecular complexity index is 842. The first-order valence-corrected chi connectivity index (χ1v) is 8.84. The van der Waals surface area contributed by atoms with E-state index in [0.29, 0.717) is 13.2 Å². The van der Waals surface area contributed by atoms with Gasteiger partial charge in [-0.3, -0.25) is 0 Å². The molecule has 0 aliphatic rings. The van der Waals surface area contributed by atoms with E-state index in [9.17, 15) is 0 Å². The van der Waals surface area contributed by atoms with E-state index in [1.165, 1.54) is 18.2 Å². The average molecular weight is 348 g/mol. The van der Waals surface area contributed by atoms with Gasteiger partial charge in [0, 0.05) is 0 Å². The van der Waals surface area contributed by atoms with Crippen molar-refractivity contribution in [1.82, 2.24) is 0 Å². The second kappa shape index (κ2) is 9.18. The van der Waals surface area contributed by atoms with Gasteiger partial charge in [-0.1, -0.05) is 61.5 Å². The Hall–Kier alpha value is -2.62. The molecular formula is C23H24O3. The first-order chi connectivity index (χ1) is 12.8. The van der Waals surface area contributed by atoms with E-state index >= 15 is 0 Å². The summed E-state index contributed by atoms with van der Waals surface area (Å²) in [5.41, 5.74) is 5.82. The van der Waals surface area contributed by atoms with E-state index in [0.717, 1.165) is 28.9 Å². The number of aryl methyl sites for hydroxylation is 1. The molecule has 0 saturated heterocycles. The maximum atomic E-state index is 6.00. The summed E-state index contributed by atoms with van der Waals surface area (Å²) in [4.78, 5) is 9.70. The molecule has 0 aromatic heterocycles. The van der Waals surface area contributed by atoms with Crippen molar-refractivity contribution < 1.29 is 14.5 Å². The van der Waals surface area contributed by atoms with Gasteiger partial charge < -0.3 is 4.74 Å². The third-order valence-electron chi connectivity index (χ3n) is 4.24. The largest absolute Gasteiger partial charge is 0.489 e. The van der Waals surface area contributed by atoms with Crippen molar-refractivity contribution in [2.24, 2.45) is 0 Å². The van der Waals surface area contributed by atoms with E-state index in [1.54, 1.807) is 0 Å². The highest BCUT2D eigenvalue weighted by Crippen LogP contribution is 2.25. The molecule has 0 heterocycles. The molecule has 3 heteroatoms. The minimum absolute atomic E-state index is 0.425. The summed E-state index contributed by atoms with van der Waals surface area (Å²) in [7, 11) is 1.51. The molecule has 0 unspecified atom stereocenters. The van der Waals surface area contributed by atoms with Crippen LogP contribution < -0.4 is 4.74 Å². The second-order valence-electron chi connectivity index (χ2n) is 6.12. The molecule has 134 valence electrons. The predicted molar refractivity (Wildman–Crippen MR) is 104 cm³/mol. The van der Waals surface area contributed by atoms with Crippen LogP contribution in [0.4, 0.5) is 0 Å². The standard InChI is InChI=1S/C23H24O3/c1-3-18-7-4-8-19(13-18)16-25-23-12-6-11-22(15-23)21-10-5-9-20(14-21)17-26-24-2/h4-15H,3,16-17H2,1-2H3. The molecule has 3 aromatic rings. The van der Waals surface area contributed by atoms with Crippen molar-refractivity contribution in [2.75, 3.05) is 7.11 Å². The van der Waals surface area contributed by atoms with Gasteiger partial charge in [-0.15, -0.1) is 0 Å². The fraction of sp³-hybridized carbons (Fsp3) is 0.217. The molecule has 0 radical (unpaired) electrons. The quantitative estimate of drug-likeness (QED) is 0.393. The highest BCUT2D eigenvalue weighted by Gasteiger charge is 2.03. The molecule has 0 aliphatic heterocycles. The predicted octanol–water partition coefficient (Wildman–Crippen LogP) is 5.57. The highest BCUT2D eigenvalue weighted by atomic mass is 17.2. The minimum atomic E-state index is 0.425. The Labute approximate surface area is 155 Å². The lowest BCUT2D eigenvalue weighted by molar-refractivity contribution is -0.282. The van der Waals surface area contributed by atoms with Crippen molar-refractivity contribution in [3.63, 3.8) is 0 Å². The van der Waals surface area contributed by atoms with Gasteiger partial charge in [-0.25, -0.2) is 9.78 Å². The van der Waals surface area contributed by atoms with E-state index in [2.05, 4.69) is 60.3 Å². The van der Waals surface area contributed by atoms with Crippen LogP contribution in [0.2, 0.25) is 0 Å². The monoisotopic (exact) mass is 348 g/mol. The van der Waals surface area contributed by atoms with Gasteiger partial charge in [0.2, 0.25) is 0 Å². The molecule has 0 aliphatic carbocycles. The van der Waals surface area contributed by atoms with Crippen LogP contribution in [0.1, 0.15) is 23.6 Å². The third-order valence-corrected chi connectivity index (χ3v) is 4.24. The normalized spacial score (nSPS) is 10.7. The van der Waals surface area contributed by atoms with Crippen molar-refractivity contribution >= 4 is 0 Å². The highest BCUT2D eigenvalue weighted by molar-refractivity contribution is 5.65. The van der Waals surface area contributed by atoms with Crippen LogP contribution in [-0.4, -0.2) is 7.11 Å². The van der Waals surface area contributed by atoms with E-state index < -0.39 is 0 Å². The second-order valence-corrected chi connectivity index (χ2v) is 6.12. The molecule has 0 bridgehead atoms. The minimum Gasteiger partial charge on any atom is -0.489 e. The van der Waals surface area contributed by atoms with Crippen LogP contribution in [0.3, 0.4) is 0 Å². The van der Waals surface area contributed by atoms with Crippen LogP contribution in [0.15, 0.2) is 72.8 Å². The lowest BCUT2D eigenvalue weighted by Crippen LogP contribution is -1.96. The summed E-state index contributed by atoms with van der Waals surface area (Å²) >= 11 is 0. The maximum Gasteiger partial charge on any atom is 0.120 e. The van der Waals surface area contributed by atoms with Crippen molar-refractivity contribution in [1.29, 1.82) is 0 Å². The fourth-order valence-electron chi connectivity index (χ4n) is 2.84. The fourth-order valence-corrected chi connectivity index (χ4v) is 2.84. The summed E-state index contributed by atoms with van der Waals surface area (Å²) < 4.78 is 6.00. The first-order valence-electron chi connectivity index (χ1n) is 8.84. The summed E-state index contributed by atoms with van der Waals surface area (Å²) in [6, 6.07) is 24.9. The van der Waals surface area contributed by atoms with Crippen LogP contribution >= 0.6 is 0 Å². The third kappa shape index (κ3) is 4.94. The van der Waals surface area contributed by atoms with Crippen LogP contribution in [0.5, 0.6) is 5.75 Å². The number of hydrogen-bond donors (Lipinski definition) is 0. The zero-order valence-corrected chi connectivity index (χ0v) is 15.3. The van der Waals surface area contributed by atoms with Crippen LogP contribution in [0, 0.1) is 0 Å². The molecule has 0 spiro atoms. The lowest BCUT2D eigenvalue weighted by atomic mass is 10.0. The summed E-state index contributed by atoms with van der Waals surface area (Å²) in [5, 5.41) is 0. The molecule has 0 N–H and O–H groups in total. The Morgan fingerprint density at radius 3 is 2.12 bits per heavy atom. The molecule has 0 amide bonds. The van der Waals surface area contributed by atoms with E-state index in [-0.39, 0.29) is 0 Å². The van der Waals surface area contributed by atoms with Crippen molar-refractivity contribution in [3.8, 4) is 16.9 Å². The summed E-state index contributed by atoms with van der Waals surface area (Å²) in [6.45, 7) is 3.16. The van der Waals surface area contributed by atoms with Gasteiger partial charge >= 0.3 is 0 Å². The topological polar surface area (TPSA) is 27.7 Å². The van der Waals surface area contributed by atoms with Gasteiger partial charge in [-0.2, -0.15) is 0 Å². The summed E-state index contributed by atoms with van der Waals surface area (Å²) in [5.74, 6) is 0.864.